The number of anilines is 1. The third-order valence-electron chi connectivity index (χ3n) is 5.08. The zero-order valence-electron chi connectivity index (χ0n) is 15.1. The van der Waals surface area contributed by atoms with Gasteiger partial charge in [0.2, 0.25) is 0 Å². The molecular formula is C19H24N6. The van der Waals surface area contributed by atoms with Crippen molar-refractivity contribution in [3.63, 3.8) is 0 Å². The molecule has 0 aliphatic carbocycles. The van der Waals surface area contributed by atoms with Gasteiger partial charge in [0, 0.05) is 50.2 Å². The molecule has 0 aromatic carbocycles. The lowest BCUT2D eigenvalue weighted by molar-refractivity contribution is 0.314. The third kappa shape index (κ3) is 3.09. The van der Waals surface area contributed by atoms with Crippen LogP contribution in [0.4, 0.5) is 5.82 Å². The molecule has 0 spiro atoms. The summed E-state index contributed by atoms with van der Waals surface area (Å²) in [6, 6.07) is 8.06. The molecule has 1 fully saturated rings. The van der Waals surface area contributed by atoms with E-state index in [2.05, 4.69) is 47.0 Å². The molecule has 0 amide bonds. The van der Waals surface area contributed by atoms with Crippen molar-refractivity contribution in [1.82, 2.24) is 24.5 Å². The standard InChI is InChI=1S/C19H24N6/c1-19(7-11-23(2)13-19)14-24(3)18-12-16(15-4-8-20-9-5-15)22-17-6-10-21-25(17)18/h4-6,8-10,12H,7,11,13-14H2,1-3H3/t19-/m1/s1. The maximum absolute atomic E-state index is 4.75. The minimum Gasteiger partial charge on any atom is -0.359 e. The zero-order valence-corrected chi connectivity index (χ0v) is 15.1. The number of pyridine rings is 1. The van der Waals surface area contributed by atoms with Crippen LogP contribution < -0.4 is 4.90 Å². The third-order valence-corrected chi connectivity index (χ3v) is 5.08. The molecule has 3 aromatic heterocycles. The number of aromatic nitrogens is 4. The van der Waals surface area contributed by atoms with Crippen molar-refractivity contribution in [2.75, 3.05) is 38.6 Å². The highest BCUT2D eigenvalue weighted by atomic mass is 15.3. The van der Waals surface area contributed by atoms with Crippen LogP contribution in [0.15, 0.2) is 42.9 Å². The fraction of sp³-hybridized carbons (Fsp3) is 0.421. The Labute approximate surface area is 148 Å². The summed E-state index contributed by atoms with van der Waals surface area (Å²) in [5.74, 6) is 1.07. The SMILES string of the molecule is CN1CC[C@@](C)(CN(C)c2cc(-c3ccncc3)nc3ccnn23)C1. The van der Waals surface area contributed by atoms with Crippen molar-refractivity contribution in [1.29, 1.82) is 0 Å². The first kappa shape index (κ1) is 16.0. The lowest BCUT2D eigenvalue weighted by atomic mass is 9.89. The summed E-state index contributed by atoms with van der Waals surface area (Å²) in [7, 11) is 4.35. The first-order chi connectivity index (χ1) is 12.0. The van der Waals surface area contributed by atoms with Gasteiger partial charge in [-0.05, 0) is 37.6 Å². The van der Waals surface area contributed by atoms with Gasteiger partial charge in [-0.15, -0.1) is 0 Å². The summed E-state index contributed by atoms with van der Waals surface area (Å²) in [6.45, 7) is 5.66. The van der Waals surface area contributed by atoms with Crippen LogP contribution in [0.25, 0.3) is 16.9 Å². The zero-order chi connectivity index (χ0) is 17.4. The fourth-order valence-corrected chi connectivity index (χ4v) is 3.89. The molecule has 1 aliphatic rings. The molecule has 4 rings (SSSR count). The average Bonchev–Trinajstić information content (AvgIpc) is 3.20. The molecule has 0 N–H and O–H groups in total. The second-order valence-corrected chi connectivity index (χ2v) is 7.49. The van der Waals surface area contributed by atoms with Crippen LogP contribution in [0.3, 0.4) is 0 Å². The molecule has 1 aliphatic heterocycles. The number of fused-ring (bicyclic) bond motifs is 1. The topological polar surface area (TPSA) is 49.6 Å². The minimum absolute atomic E-state index is 0.295. The van der Waals surface area contributed by atoms with Crippen molar-refractivity contribution in [3.8, 4) is 11.3 Å². The molecule has 3 aromatic rings. The summed E-state index contributed by atoms with van der Waals surface area (Å²) in [5, 5.41) is 4.48. The molecule has 1 saturated heterocycles. The smallest absolute Gasteiger partial charge is 0.157 e. The van der Waals surface area contributed by atoms with E-state index in [4.69, 9.17) is 4.98 Å². The number of rotatable bonds is 4. The highest BCUT2D eigenvalue weighted by Gasteiger charge is 2.33. The molecule has 0 saturated carbocycles. The highest BCUT2D eigenvalue weighted by Crippen LogP contribution is 2.32. The molecule has 0 unspecified atom stereocenters. The summed E-state index contributed by atoms with van der Waals surface area (Å²) in [6.07, 6.45) is 6.63. The summed E-state index contributed by atoms with van der Waals surface area (Å²) in [4.78, 5) is 13.6. The molecule has 0 radical (unpaired) electrons. The first-order valence-electron chi connectivity index (χ1n) is 8.69. The van der Waals surface area contributed by atoms with E-state index in [-0.39, 0.29) is 0 Å². The lowest BCUT2D eigenvalue weighted by Crippen LogP contribution is -2.36. The lowest BCUT2D eigenvalue weighted by Gasteiger charge is -2.31. The van der Waals surface area contributed by atoms with E-state index in [0.717, 1.165) is 35.8 Å². The maximum atomic E-state index is 4.75. The van der Waals surface area contributed by atoms with Crippen molar-refractivity contribution in [2.24, 2.45) is 5.41 Å². The predicted octanol–water partition coefficient (Wildman–Crippen LogP) is 2.57. The van der Waals surface area contributed by atoms with Gasteiger partial charge in [0.1, 0.15) is 5.82 Å². The number of hydrogen-bond acceptors (Lipinski definition) is 5. The van der Waals surface area contributed by atoms with Gasteiger partial charge in [-0.25, -0.2) is 4.98 Å². The average molecular weight is 336 g/mol. The molecule has 6 heteroatoms. The molecule has 0 bridgehead atoms. The normalized spacial score (nSPS) is 21.1. The Morgan fingerprint density at radius 3 is 2.72 bits per heavy atom. The van der Waals surface area contributed by atoms with Gasteiger partial charge in [-0.3, -0.25) is 4.98 Å². The summed E-state index contributed by atoms with van der Waals surface area (Å²) >= 11 is 0. The van der Waals surface area contributed by atoms with E-state index in [9.17, 15) is 0 Å². The van der Waals surface area contributed by atoms with Gasteiger partial charge in [0.15, 0.2) is 5.65 Å². The van der Waals surface area contributed by atoms with Crippen molar-refractivity contribution in [3.05, 3.63) is 42.9 Å². The maximum Gasteiger partial charge on any atom is 0.157 e. The van der Waals surface area contributed by atoms with Crippen LogP contribution in [0, 0.1) is 5.41 Å². The van der Waals surface area contributed by atoms with Gasteiger partial charge in [-0.2, -0.15) is 9.61 Å². The van der Waals surface area contributed by atoms with Crippen LogP contribution in [0.5, 0.6) is 0 Å². The Kier molecular flexibility index (Phi) is 3.92. The van der Waals surface area contributed by atoms with Crippen LogP contribution in [0.1, 0.15) is 13.3 Å². The van der Waals surface area contributed by atoms with E-state index >= 15 is 0 Å². The van der Waals surface area contributed by atoms with Gasteiger partial charge in [0.25, 0.3) is 0 Å². The quantitative estimate of drug-likeness (QED) is 0.733. The van der Waals surface area contributed by atoms with Crippen LogP contribution in [0.2, 0.25) is 0 Å². The van der Waals surface area contributed by atoms with Crippen LogP contribution in [-0.2, 0) is 0 Å². The Morgan fingerprint density at radius 2 is 2.00 bits per heavy atom. The number of hydrogen-bond donors (Lipinski definition) is 0. The Bertz CT molecular complexity index is 874. The van der Waals surface area contributed by atoms with E-state index in [1.807, 2.05) is 22.7 Å². The van der Waals surface area contributed by atoms with Crippen molar-refractivity contribution in [2.45, 2.75) is 13.3 Å². The second-order valence-electron chi connectivity index (χ2n) is 7.49. The molecule has 1 atom stereocenters. The van der Waals surface area contributed by atoms with E-state index in [0.29, 0.717) is 5.41 Å². The Hall–Kier alpha value is -2.47. The molecule has 6 nitrogen and oxygen atoms in total. The van der Waals surface area contributed by atoms with Crippen LogP contribution >= 0.6 is 0 Å². The first-order valence-corrected chi connectivity index (χ1v) is 8.69. The molecular weight excluding hydrogens is 312 g/mol. The predicted molar refractivity (Wildman–Crippen MR) is 99.7 cm³/mol. The van der Waals surface area contributed by atoms with E-state index < -0.39 is 0 Å². The second kappa shape index (κ2) is 6.11. The van der Waals surface area contributed by atoms with E-state index in [1.54, 1.807) is 18.6 Å². The van der Waals surface area contributed by atoms with Gasteiger partial charge in [0.05, 0.1) is 11.9 Å². The monoisotopic (exact) mass is 336 g/mol. The highest BCUT2D eigenvalue weighted by molar-refractivity contribution is 5.66. The van der Waals surface area contributed by atoms with E-state index in [1.165, 1.54) is 13.0 Å². The molecule has 130 valence electrons. The number of nitrogens with zero attached hydrogens (tertiary/aromatic N) is 6. The minimum atomic E-state index is 0.295. The van der Waals surface area contributed by atoms with Gasteiger partial charge < -0.3 is 9.80 Å². The Balaban J connectivity index is 1.72. The fourth-order valence-electron chi connectivity index (χ4n) is 3.89. The molecule has 25 heavy (non-hydrogen) atoms. The van der Waals surface area contributed by atoms with Crippen molar-refractivity contribution >= 4 is 11.5 Å². The summed E-state index contributed by atoms with van der Waals surface area (Å²) < 4.78 is 1.92. The van der Waals surface area contributed by atoms with Crippen LogP contribution in [-0.4, -0.2) is 58.2 Å². The Morgan fingerprint density at radius 1 is 1.20 bits per heavy atom. The van der Waals surface area contributed by atoms with Crippen molar-refractivity contribution < 1.29 is 0 Å². The van der Waals surface area contributed by atoms with Gasteiger partial charge in [-0.1, -0.05) is 6.92 Å². The van der Waals surface area contributed by atoms with Gasteiger partial charge >= 0.3 is 0 Å². The summed E-state index contributed by atoms with van der Waals surface area (Å²) in [5.41, 5.74) is 3.18. The molecule has 4 heterocycles. The largest absolute Gasteiger partial charge is 0.359 e. The number of likely N-dealkylation sites (tertiary alicyclic amines) is 1.